The summed E-state index contributed by atoms with van der Waals surface area (Å²) < 4.78 is 1.93. The number of nitrogens with one attached hydrogen (secondary N) is 1. The molecule has 23 heavy (non-hydrogen) atoms. The van der Waals surface area contributed by atoms with Gasteiger partial charge in [0, 0.05) is 30.9 Å². The highest BCUT2D eigenvalue weighted by atomic mass is 35.5. The standard InChI is InChI=1S/C16H22N4OS.ClH/c21-15(14-11-20-9-10-22-16(20)18-14)19-7-3-13(4-8-19)12-1-5-17-6-2-12;/h9-13,17H,1-8H2;1H. The summed E-state index contributed by atoms with van der Waals surface area (Å²) in [4.78, 5) is 19.9. The summed E-state index contributed by atoms with van der Waals surface area (Å²) in [5.41, 5.74) is 0.590. The summed E-state index contributed by atoms with van der Waals surface area (Å²) in [6, 6.07) is 0. The van der Waals surface area contributed by atoms with E-state index in [2.05, 4.69) is 10.3 Å². The van der Waals surface area contributed by atoms with E-state index in [1.165, 1.54) is 12.8 Å². The Morgan fingerprint density at radius 3 is 2.57 bits per heavy atom. The van der Waals surface area contributed by atoms with Crippen LogP contribution in [0, 0.1) is 11.8 Å². The largest absolute Gasteiger partial charge is 0.337 e. The Kier molecular flexibility index (Phi) is 5.24. The number of rotatable bonds is 2. The minimum absolute atomic E-state index is 0. The molecule has 0 spiro atoms. The predicted octanol–water partition coefficient (Wildman–Crippen LogP) is 2.67. The molecule has 0 saturated carbocycles. The Morgan fingerprint density at radius 1 is 1.17 bits per heavy atom. The summed E-state index contributed by atoms with van der Waals surface area (Å²) in [6.07, 6.45) is 8.71. The molecule has 7 heteroatoms. The summed E-state index contributed by atoms with van der Waals surface area (Å²) in [6.45, 7) is 4.10. The first-order chi connectivity index (χ1) is 10.8. The Hall–Kier alpha value is -1.11. The number of thiazole rings is 1. The van der Waals surface area contributed by atoms with Crippen LogP contribution in [0.15, 0.2) is 17.8 Å². The van der Waals surface area contributed by atoms with Crippen molar-refractivity contribution >= 4 is 34.6 Å². The Labute approximate surface area is 146 Å². The van der Waals surface area contributed by atoms with E-state index in [0.717, 1.165) is 55.8 Å². The van der Waals surface area contributed by atoms with E-state index in [4.69, 9.17) is 0 Å². The quantitative estimate of drug-likeness (QED) is 0.902. The summed E-state index contributed by atoms with van der Waals surface area (Å²) in [7, 11) is 0. The molecule has 4 rings (SSSR count). The summed E-state index contributed by atoms with van der Waals surface area (Å²) in [5.74, 6) is 1.76. The second-order valence-corrected chi connectivity index (χ2v) is 7.31. The first-order valence-corrected chi connectivity index (χ1v) is 9.11. The molecule has 2 fully saturated rings. The van der Waals surface area contributed by atoms with Gasteiger partial charge in [-0.05, 0) is 50.6 Å². The van der Waals surface area contributed by atoms with Crippen LogP contribution in [-0.2, 0) is 0 Å². The number of fused-ring (bicyclic) bond motifs is 1. The van der Waals surface area contributed by atoms with Gasteiger partial charge in [-0.2, -0.15) is 0 Å². The first kappa shape index (κ1) is 16.7. The molecule has 126 valence electrons. The Morgan fingerprint density at radius 2 is 1.87 bits per heavy atom. The third-order valence-corrected chi connectivity index (χ3v) is 5.96. The van der Waals surface area contributed by atoms with Crippen LogP contribution in [0.25, 0.3) is 4.96 Å². The van der Waals surface area contributed by atoms with Crippen molar-refractivity contribution in [1.82, 2.24) is 19.6 Å². The van der Waals surface area contributed by atoms with E-state index in [-0.39, 0.29) is 18.3 Å². The van der Waals surface area contributed by atoms with Crippen LogP contribution in [0.3, 0.4) is 0 Å². The minimum Gasteiger partial charge on any atom is -0.337 e. The zero-order valence-electron chi connectivity index (χ0n) is 13.1. The molecule has 5 nitrogen and oxygen atoms in total. The molecule has 0 atom stereocenters. The topological polar surface area (TPSA) is 49.6 Å². The number of nitrogens with zero attached hydrogens (tertiary/aromatic N) is 3. The van der Waals surface area contributed by atoms with E-state index < -0.39 is 0 Å². The molecule has 2 aromatic heterocycles. The van der Waals surface area contributed by atoms with Crippen molar-refractivity contribution in [1.29, 1.82) is 0 Å². The van der Waals surface area contributed by atoms with Gasteiger partial charge in [0.05, 0.1) is 0 Å². The van der Waals surface area contributed by atoms with Crippen LogP contribution in [-0.4, -0.2) is 46.4 Å². The molecule has 0 unspecified atom stereocenters. The highest BCUT2D eigenvalue weighted by molar-refractivity contribution is 7.15. The number of piperidine rings is 2. The summed E-state index contributed by atoms with van der Waals surface area (Å²) in [5, 5.41) is 5.43. The highest BCUT2D eigenvalue weighted by Gasteiger charge is 2.30. The van der Waals surface area contributed by atoms with Crippen molar-refractivity contribution in [3.8, 4) is 0 Å². The number of carbonyl (C=O) groups excluding carboxylic acids is 1. The molecule has 4 heterocycles. The van der Waals surface area contributed by atoms with Crippen LogP contribution < -0.4 is 5.32 Å². The third kappa shape index (κ3) is 3.39. The zero-order chi connectivity index (χ0) is 14.9. The maximum Gasteiger partial charge on any atom is 0.274 e. The fraction of sp³-hybridized carbons (Fsp3) is 0.625. The van der Waals surface area contributed by atoms with Gasteiger partial charge in [-0.25, -0.2) is 4.98 Å². The van der Waals surface area contributed by atoms with E-state index in [1.54, 1.807) is 11.3 Å². The smallest absolute Gasteiger partial charge is 0.274 e. The van der Waals surface area contributed by atoms with E-state index in [1.807, 2.05) is 27.1 Å². The molecule has 1 amide bonds. The average Bonchev–Trinajstić information content (AvgIpc) is 3.17. The number of hydrogen-bond donors (Lipinski definition) is 1. The lowest BCUT2D eigenvalue weighted by Crippen LogP contribution is -2.42. The highest BCUT2D eigenvalue weighted by Crippen LogP contribution is 2.31. The van der Waals surface area contributed by atoms with Gasteiger partial charge in [0.2, 0.25) is 0 Å². The van der Waals surface area contributed by atoms with Crippen LogP contribution in [0.2, 0.25) is 0 Å². The fourth-order valence-corrected chi connectivity index (χ4v) is 4.58. The van der Waals surface area contributed by atoms with Crippen LogP contribution in [0.1, 0.15) is 36.2 Å². The summed E-state index contributed by atoms with van der Waals surface area (Å²) >= 11 is 1.57. The fourth-order valence-electron chi connectivity index (χ4n) is 3.88. The van der Waals surface area contributed by atoms with E-state index in [9.17, 15) is 4.79 Å². The van der Waals surface area contributed by atoms with Gasteiger partial charge >= 0.3 is 0 Å². The molecular formula is C16H23ClN4OS. The van der Waals surface area contributed by atoms with Crippen molar-refractivity contribution < 1.29 is 4.79 Å². The number of likely N-dealkylation sites (tertiary alicyclic amines) is 1. The lowest BCUT2D eigenvalue weighted by molar-refractivity contribution is 0.0637. The monoisotopic (exact) mass is 354 g/mol. The van der Waals surface area contributed by atoms with Gasteiger partial charge in [0.1, 0.15) is 5.69 Å². The van der Waals surface area contributed by atoms with Crippen LogP contribution in [0.4, 0.5) is 0 Å². The first-order valence-electron chi connectivity index (χ1n) is 8.23. The molecule has 0 aromatic carbocycles. The van der Waals surface area contributed by atoms with Crippen LogP contribution in [0.5, 0.6) is 0 Å². The van der Waals surface area contributed by atoms with Gasteiger partial charge in [0.25, 0.3) is 5.91 Å². The maximum atomic E-state index is 12.6. The number of carbonyl (C=O) groups is 1. The van der Waals surface area contributed by atoms with Crippen LogP contribution >= 0.6 is 23.7 Å². The van der Waals surface area contributed by atoms with Crippen molar-refractivity contribution in [2.24, 2.45) is 11.8 Å². The molecule has 0 bridgehead atoms. The van der Waals surface area contributed by atoms with Crippen molar-refractivity contribution in [3.05, 3.63) is 23.5 Å². The molecule has 2 aliphatic heterocycles. The maximum absolute atomic E-state index is 12.6. The molecule has 1 N–H and O–H groups in total. The number of aromatic nitrogens is 2. The van der Waals surface area contributed by atoms with E-state index >= 15 is 0 Å². The normalized spacial score (nSPS) is 20.6. The number of amides is 1. The van der Waals surface area contributed by atoms with Gasteiger partial charge in [-0.15, -0.1) is 23.7 Å². The lowest BCUT2D eigenvalue weighted by atomic mass is 9.79. The molecule has 0 aliphatic carbocycles. The van der Waals surface area contributed by atoms with Gasteiger partial charge in [-0.3, -0.25) is 9.20 Å². The Balaban J connectivity index is 0.00000156. The van der Waals surface area contributed by atoms with Gasteiger partial charge < -0.3 is 10.2 Å². The van der Waals surface area contributed by atoms with Crippen molar-refractivity contribution in [2.45, 2.75) is 25.7 Å². The zero-order valence-corrected chi connectivity index (χ0v) is 14.7. The average molecular weight is 355 g/mol. The second-order valence-electron chi connectivity index (χ2n) is 6.44. The number of hydrogen-bond acceptors (Lipinski definition) is 4. The molecular weight excluding hydrogens is 332 g/mol. The molecule has 0 radical (unpaired) electrons. The SMILES string of the molecule is Cl.O=C(c1cn2ccsc2n1)N1CCC(C2CCNCC2)CC1. The number of imidazole rings is 1. The van der Waals surface area contributed by atoms with Crippen molar-refractivity contribution in [2.75, 3.05) is 26.2 Å². The third-order valence-electron chi connectivity index (χ3n) is 5.19. The van der Waals surface area contributed by atoms with Crippen molar-refractivity contribution in [3.63, 3.8) is 0 Å². The minimum atomic E-state index is 0. The number of halogens is 1. The molecule has 2 saturated heterocycles. The molecule has 2 aliphatic rings. The van der Waals surface area contributed by atoms with Gasteiger partial charge in [-0.1, -0.05) is 0 Å². The second kappa shape index (κ2) is 7.20. The van der Waals surface area contributed by atoms with E-state index in [0.29, 0.717) is 5.69 Å². The van der Waals surface area contributed by atoms with Gasteiger partial charge in [0.15, 0.2) is 4.96 Å². The Bertz CT molecular complexity index is 627. The lowest BCUT2D eigenvalue weighted by Gasteiger charge is -2.37. The predicted molar refractivity (Wildman–Crippen MR) is 94.5 cm³/mol. The molecule has 2 aromatic rings.